The molecule has 2 aromatic heterocycles. The molecule has 244 valence electrons. The van der Waals surface area contributed by atoms with Crippen LogP contribution in [0.2, 0.25) is 5.02 Å². The number of hydrogen-bond donors (Lipinski definition) is 2. The van der Waals surface area contributed by atoms with Gasteiger partial charge in [0.15, 0.2) is 5.82 Å². The average Bonchev–Trinajstić information content (AvgIpc) is 3.71. The lowest BCUT2D eigenvalue weighted by atomic mass is 9.91. The van der Waals surface area contributed by atoms with Gasteiger partial charge in [0.2, 0.25) is 0 Å². The summed E-state index contributed by atoms with van der Waals surface area (Å²) < 4.78 is 93.0. The highest BCUT2D eigenvalue weighted by Gasteiger charge is 2.45. The Morgan fingerprint density at radius 1 is 1.11 bits per heavy atom. The van der Waals surface area contributed by atoms with E-state index in [2.05, 4.69) is 30.4 Å². The Hall–Kier alpha value is -3.62. The van der Waals surface area contributed by atoms with Crippen molar-refractivity contribution in [2.75, 3.05) is 44.2 Å². The fourth-order valence-corrected chi connectivity index (χ4v) is 7.73. The molecule has 3 aliphatic rings. The fraction of sp³-hybridized carbons (Fsp3) is 0.452. The second kappa shape index (κ2) is 11.6. The van der Waals surface area contributed by atoms with Crippen LogP contribution in [0, 0.1) is 12.7 Å². The molecule has 1 atom stereocenters. The number of H-pyrrole nitrogens is 1. The Bertz CT molecular complexity index is 1850. The van der Waals surface area contributed by atoms with E-state index in [-0.39, 0.29) is 62.9 Å². The van der Waals surface area contributed by atoms with Gasteiger partial charge in [-0.05, 0) is 69.5 Å². The number of benzene rings is 2. The highest BCUT2D eigenvalue weighted by molar-refractivity contribution is 6.35. The van der Waals surface area contributed by atoms with Gasteiger partial charge in [-0.1, -0.05) is 11.6 Å². The molecule has 0 aliphatic carbocycles. The Morgan fingerprint density at radius 2 is 1.87 bits per heavy atom. The third kappa shape index (κ3) is 5.33. The van der Waals surface area contributed by atoms with Gasteiger partial charge in [-0.25, -0.2) is 4.39 Å². The predicted molar refractivity (Wildman–Crippen MR) is 162 cm³/mol. The van der Waals surface area contributed by atoms with Crippen LogP contribution in [-0.2, 0) is 6.18 Å². The van der Waals surface area contributed by atoms with E-state index in [1.54, 1.807) is 4.90 Å². The van der Waals surface area contributed by atoms with Crippen molar-refractivity contribution in [3.63, 3.8) is 0 Å². The first-order valence-corrected chi connectivity index (χ1v) is 15.5. The Morgan fingerprint density at radius 3 is 2.59 bits per heavy atom. The van der Waals surface area contributed by atoms with Gasteiger partial charge >= 0.3 is 12.2 Å². The van der Waals surface area contributed by atoms with E-state index < -0.39 is 40.8 Å². The van der Waals surface area contributed by atoms with Gasteiger partial charge in [0.1, 0.15) is 17.9 Å². The summed E-state index contributed by atoms with van der Waals surface area (Å²) in [5, 5.41) is 9.42. The summed E-state index contributed by atoms with van der Waals surface area (Å²) >= 11 is 6.67. The number of nitrogens with zero attached hydrogens (tertiary/aromatic N) is 5. The quantitative estimate of drug-likeness (QED) is 0.218. The van der Waals surface area contributed by atoms with Crippen LogP contribution < -0.4 is 15.0 Å². The number of hydrogen-bond acceptors (Lipinski definition) is 7. The summed E-state index contributed by atoms with van der Waals surface area (Å²) in [6.45, 7) is 4.15. The summed E-state index contributed by atoms with van der Waals surface area (Å²) in [4.78, 5) is 13.1. The number of aromatic amines is 1. The van der Waals surface area contributed by atoms with Crippen LogP contribution in [-0.4, -0.2) is 76.0 Å². The van der Waals surface area contributed by atoms with Crippen LogP contribution in [0.3, 0.4) is 0 Å². The van der Waals surface area contributed by atoms with Crippen LogP contribution in [0.1, 0.15) is 36.8 Å². The van der Waals surface area contributed by atoms with Gasteiger partial charge < -0.3 is 15.0 Å². The summed E-state index contributed by atoms with van der Waals surface area (Å²) in [5.74, 6) is -0.898. The van der Waals surface area contributed by atoms with Crippen LogP contribution in [0.5, 0.6) is 6.01 Å². The molecule has 0 spiro atoms. The van der Waals surface area contributed by atoms with Gasteiger partial charge in [-0.2, -0.15) is 37.0 Å². The third-order valence-corrected chi connectivity index (χ3v) is 9.73. The predicted octanol–water partition coefficient (Wildman–Crippen LogP) is 6.86. The summed E-state index contributed by atoms with van der Waals surface area (Å²) in [6, 6.07) is 1.75. The number of aromatic nitrogens is 4. The summed E-state index contributed by atoms with van der Waals surface area (Å²) in [7, 11) is 0. The lowest BCUT2D eigenvalue weighted by Gasteiger charge is -2.34. The molecule has 5 heterocycles. The zero-order chi connectivity index (χ0) is 32.4. The largest absolute Gasteiger partial charge is 0.461 e. The number of rotatable bonds is 6. The van der Waals surface area contributed by atoms with Gasteiger partial charge in [0.05, 0.1) is 27.8 Å². The van der Waals surface area contributed by atoms with Gasteiger partial charge in [0, 0.05) is 47.6 Å². The van der Waals surface area contributed by atoms with Crippen LogP contribution in [0.15, 0.2) is 30.5 Å². The van der Waals surface area contributed by atoms with Crippen molar-refractivity contribution in [1.29, 1.82) is 0 Å². The van der Waals surface area contributed by atoms with Crippen molar-refractivity contribution in [2.24, 2.45) is 0 Å². The summed E-state index contributed by atoms with van der Waals surface area (Å²) in [6.07, 6.45) is -0.812. The number of halogens is 7. The molecule has 2 aromatic carbocycles. The number of nitrogens with one attached hydrogen (secondary N) is 2. The normalized spacial score (nSPS) is 20.1. The van der Waals surface area contributed by atoms with Crippen molar-refractivity contribution in [2.45, 2.75) is 50.4 Å². The number of ether oxygens (including phenoxy) is 1. The van der Waals surface area contributed by atoms with E-state index in [0.717, 1.165) is 44.8 Å². The Labute approximate surface area is 264 Å². The number of aryl methyl sites for hydroxylation is 1. The summed E-state index contributed by atoms with van der Waals surface area (Å²) in [5.41, 5.74) is -2.33. The van der Waals surface area contributed by atoms with Gasteiger partial charge in [0.25, 0.3) is 6.08 Å². The van der Waals surface area contributed by atoms with Crippen LogP contribution in [0.4, 0.5) is 32.2 Å². The van der Waals surface area contributed by atoms with Crippen molar-refractivity contribution in [1.82, 2.24) is 30.4 Å². The first-order chi connectivity index (χ1) is 21.9. The molecule has 3 aliphatic heterocycles. The van der Waals surface area contributed by atoms with E-state index in [1.807, 2.05) is 0 Å². The van der Waals surface area contributed by atoms with Gasteiger partial charge in [-0.15, -0.1) is 0 Å². The zero-order valence-electron chi connectivity index (χ0n) is 24.7. The molecular formula is C31H30ClF6N7O. The van der Waals surface area contributed by atoms with E-state index in [4.69, 9.17) is 16.3 Å². The van der Waals surface area contributed by atoms with Crippen molar-refractivity contribution < 1.29 is 31.1 Å². The molecular weight excluding hydrogens is 636 g/mol. The van der Waals surface area contributed by atoms with E-state index in [0.29, 0.717) is 13.1 Å². The molecule has 0 saturated carbocycles. The standard InChI is InChI=1S/C31H30ClF6N7O/c1-16-10-21-19(13-40-43-21)23(25(16)31(36,37)38)24-20(32)12-18-27(26(24)35)41-29(46-15-30-4-2-7-45(30)8-3-5-30)42-28(18)44-9-6-39-17(14-44)11-22(33)34/h10-13,17,39H,2-9,14-15H2,1H3,(H,40,43). The maximum absolute atomic E-state index is 16.9. The molecule has 3 saturated heterocycles. The molecule has 0 radical (unpaired) electrons. The van der Waals surface area contributed by atoms with Crippen LogP contribution >= 0.6 is 11.6 Å². The minimum atomic E-state index is -4.84. The average molecular weight is 666 g/mol. The minimum absolute atomic E-state index is 0.0375. The topological polar surface area (TPSA) is 82.2 Å². The monoisotopic (exact) mass is 665 g/mol. The maximum atomic E-state index is 16.9. The Kier molecular flexibility index (Phi) is 7.80. The highest BCUT2D eigenvalue weighted by atomic mass is 35.5. The molecule has 4 aromatic rings. The highest BCUT2D eigenvalue weighted by Crippen LogP contribution is 2.48. The fourth-order valence-electron chi connectivity index (χ4n) is 7.44. The van der Waals surface area contributed by atoms with E-state index in [1.165, 1.54) is 25.3 Å². The van der Waals surface area contributed by atoms with Gasteiger partial charge in [-0.3, -0.25) is 10.00 Å². The molecule has 8 nitrogen and oxygen atoms in total. The van der Waals surface area contributed by atoms with Crippen molar-refractivity contribution >= 4 is 39.2 Å². The lowest BCUT2D eigenvalue weighted by molar-refractivity contribution is -0.137. The molecule has 3 fully saturated rings. The molecule has 15 heteroatoms. The Balaban J connectivity index is 1.42. The number of anilines is 1. The third-order valence-electron chi connectivity index (χ3n) is 9.43. The number of fused-ring (bicyclic) bond motifs is 3. The van der Waals surface area contributed by atoms with Crippen LogP contribution in [0.25, 0.3) is 32.9 Å². The SMILES string of the molecule is Cc1cc2[nH]ncc2c(-c2c(Cl)cc3c(N4CCNC(C=C(F)F)C4)nc(OCC45CCCN4CCC5)nc3c2F)c1C(F)(F)F. The number of alkyl halides is 3. The first-order valence-electron chi connectivity index (χ1n) is 15.1. The first kappa shape index (κ1) is 31.0. The lowest BCUT2D eigenvalue weighted by Crippen LogP contribution is -2.50. The molecule has 0 amide bonds. The number of piperazine rings is 1. The molecule has 7 rings (SSSR count). The molecule has 2 N–H and O–H groups in total. The zero-order valence-corrected chi connectivity index (χ0v) is 25.5. The molecule has 1 unspecified atom stereocenters. The second-order valence-corrected chi connectivity index (χ2v) is 12.6. The second-order valence-electron chi connectivity index (χ2n) is 12.2. The maximum Gasteiger partial charge on any atom is 0.417 e. The molecule has 46 heavy (non-hydrogen) atoms. The smallest absolute Gasteiger partial charge is 0.417 e. The molecule has 0 bridgehead atoms. The van der Waals surface area contributed by atoms with E-state index in [9.17, 15) is 22.0 Å². The van der Waals surface area contributed by atoms with Crippen molar-refractivity contribution in [3.8, 4) is 17.1 Å². The minimum Gasteiger partial charge on any atom is -0.461 e. The van der Waals surface area contributed by atoms with E-state index >= 15 is 4.39 Å². The van der Waals surface area contributed by atoms with Crippen molar-refractivity contribution in [3.05, 3.63) is 52.5 Å².